The molecule has 0 aliphatic rings. The van der Waals surface area contributed by atoms with Gasteiger partial charge in [0.2, 0.25) is 5.91 Å². The summed E-state index contributed by atoms with van der Waals surface area (Å²) in [6.45, 7) is 9.25. The predicted octanol–water partition coefficient (Wildman–Crippen LogP) is 2.46. The molecule has 1 aromatic rings. The third-order valence-electron chi connectivity index (χ3n) is 2.38. The molecular formula is C14H22N2O2. The van der Waals surface area contributed by atoms with E-state index in [4.69, 9.17) is 10.5 Å². The predicted molar refractivity (Wildman–Crippen MR) is 73.8 cm³/mol. The van der Waals surface area contributed by atoms with Gasteiger partial charge in [0.05, 0.1) is 11.6 Å². The molecular weight excluding hydrogens is 228 g/mol. The first-order valence-electron chi connectivity index (χ1n) is 6.08. The van der Waals surface area contributed by atoms with E-state index in [1.54, 1.807) is 13.8 Å². The van der Waals surface area contributed by atoms with E-state index in [0.29, 0.717) is 0 Å². The van der Waals surface area contributed by atoms with Gasteiger partial charge in [0, 0.05) is 5.69 Å². The Morgan fingerprint density at radius 3 is 2.44 bits per heavy atom. The highest BCUT2D eigenvalue weighted by Gasteiger charge is 2.21. The largest absolute Gasteiger partial charge is 0.491 e. The fourth-order valence-corrected chi connectivity index (χ4v) is 1.41. The van der Waals surface area contributed by atoms with Crippen molar-refractivity contribution in [3.63, 3.8) is 0 Å². The van der Waals surface area contributed by atoms with Crippen LogP contribution in [-0.2, 0) is 4.79 Å². The zero-order chi connectivity index (χ0) is 13.9. The minimum atomic E-state index is -0.888. The van der Waals surface area contributed by atoms with Gasteiger partial charge < -0.3 is 15.8 Å². The van der Waals surface area contributed by atoms with E-state index in [1.807, 2.05) is 39.0 Å². The average Bonchev–Trinajstić information content (AvgIpc) is 2.20. The van der Waals surface area contributed by atoms with Crippen molar-refractivity contribution in [2.24, 2.45) is 5.73 Å². The molecule has 0 fully saturated rings. The first kappa shape index (κ1) is 14.5. The molecule has 4 heteroatoms. The van der Waals surface area contributed by atoms with E-state index >= 15 is 0 Å². The van der Waals surface area contributed by atoms with E-state index in [-0.39, 0.29) is 12.0 Å². The summed E-state index contributed by atoms with van der Waals surface area (Å²) < 4.78 is 5.63. The van der Waals surface area contributed by atoms with Crippen molar-refractivity contribution < 1.29 is 9.53 Å². The molecule has 0 spiro atoms. The van der Waals surface area contributed by atoms with Gasteiger partial charge in [-0.1, -0.05) is 0 Å². The summed E-state index contributed by atoms with van der Waals surface area (Å²) in [6, 6.07) is 5.55. The molecule has 0 unspecified atom stereocenters. The fourth-order valence-electron chi connectivity index (χ4n) is 1.41. The number of aryl methyl sites for hydroxylation is 1. The number of anilines is 1. The van der Waals surface area contributed by atoms with Crippen LogP contribution in [0.1, 0.15) is 33.3 Å². The van der Waals surface area contributed by atoms with E-state index in [1.165, 1.54) is 0 Å². The van der Waals surface area contributed by atoms with Crippen molar-refractivity contribution in [1.29, 1.82) is 0 Å². The maximum atomic E-state index is 11.7. The van der Waals surface area contributed by atoms with Crippen molar-refractivity contribution in [3.8, 4) is 5.75 Å². The molecule has 0 saturated carbocycles. The summed E-state index contributed by atoms with van der Waals surface area (Å²) in [7, 11) is 0. The highest BCUT2D eigenvalue weighted by molar-refractivity contribution is 5.97. The first-order chi connectivity index (χ1) is 8.20. The lowest BCUT2D eigenvalue weighted by Gasteiger charge is -2.19. The molecule has 0 saturated heterocycles. The summed E-state index contributed by atoms with van der Waals surface area (Å²) in [5, 5.41) is 2.78. The third kappa shape index (κ3) is 4.04. The van der Waals surface area contributed by atoms with Crippen LogP contribution in [0.3, 0.4) is 0 Å². The van der Waals surface area contributed by atoms with Gasteiger partial charge in [-0.15, -0.1) is 0 Å². The van der Waals surface area contributed by atoms with E-state index in [9.17, 15) is 4.79 Å². The zero-order valence-corrected chi connectivity index (χ0v) is 11.7. The van der Waals surface area contributed by atoms with E-state index in [2.05, 4.69) is 5.32 Å². The van der Waals surface area contributed by atoms with Crippen LogP contribution in [0.2, 0.25) is 0 Å². The van der Waals surface area contributed by atoms with E-state index in [0.717, 1.165) is 17.0 Å². The Hall–Kier alpha value is -1.55. The Morgan fingerprint density at radius 1 is 1.39 bits per heavy atom. The summed E-state index contributed by atoms with van der Waals surface area (Å²) in [6.07, 6.45) is 0.132. The van der Waals surface area contributed by atoms with Gasteiger partial charge in [-0.2, -0.15) is 0 Å². The maximum absolute atomic E-state index is 11.7. The number of nitrogens with one attached hydrogen (secondary N) is 1. The standard InChI is InChI=1S/C14H22N2O2/c1-9(2)18-12-7-6-11(8-10(12)3)16-13(17)14(4,5)15/h6-9H,15H2,1-5H3,(H,16,17). The second-order valence-electron chi connectivity index (χ2n) is 5.32. The first-order valence-corrected chi connectivity index (χ1v) is 6.08. The van der Waals surface area contributed by atoms with Crippen molar-refractivity contribution in [3.05, 3.63) is 23.8 Å². The summed E-state index contributed by atoms with van der Waals surface area (Å²) in [5.74, 6) is 0.620. The lowest BCUT2D eigenvalue weighted by molar-refractivity contribution is -0.120. The van der Waals surface area contributed by atoms with Crippen LogP contribution in [0, 0.1) is 6.92 Å². The van der Waals surface area contributed by atoms with Gasteiger partial charge in [0.25, 0.3) is 0 Å². The minimum Gasteiger partial charge on any atom is -0.491 e. The molecule has 1 rings (SSSR count). The SMILES string of the molecule is Cc1cc(NC(=O)C(C)(C)N)ccc1OC(C)C. The molecule has 100 valence electrons. The molecule has 4 nitrogen and oxygen atoms in total. The zero-order valence-electron chi connectivity index (χ0n) is 11.7. The number of benzene rings is 1. The number of nitrogens with two attached hydrogens (primary N) is 1. The Kier molecular flexibility index (Phi) is 4.35. The average molecular weight is 250 g/mol. The fraction of sp³-hybridized carbons (Fsp3) is 0.500. The van der Waals surface area contributed by atoms with Crippen LogP contribution >= 0.6 is 0 Å². The van der Waals surface area contributed by atoms with Gasteiger partial charge in [0.1, 0.15) is 5.75 Å². The summed E-state index contributed by atoms with van der Waals surface area (Å²) in [4.78, 5) is 11.7. The number of hydrogen-bond donors (Lipinski definition) is 2. The molecule has 0 heterocycles. The van der Waals surface area contributed by atoms with Crippen LogP contribution in [0.4, 0.5) is 5.69 Å². The number of carbonyl (C=O) groups excluding carboxylic acids is 1. The van der Waals surface area contributed by atoms with Crippen LogP contribution in [0.15, 0.2) is 18.2 Å². The van der Waals surface area contributed by atoms with Crippen molar-refractivity contribution in [2.75, 3.05) is 5.32 Å². The van der Waals surface area contributed by atoms with Gasteiger partial charge >= 0.3 is 0 Å². The van der Waals surface area contributed by atoms with Gasteiger partial charge in [-0.05, 0) is 58.4 Å². The molecule has 0 bridgehead atoms. The van der Waals surface area contributed by atoms with Crippen LogP contribution in [-0.4, -0.2) is 17.6 Å². The lowest BCUT2D eigenvalue weighted by Crippen LogP contribution is -2.45. The Morgan fingerprint density at radius 2 is 2.00 bits per heavy atom. The molecule has 0 atom stereocenters. The molecule has 18 heavy (non-hydrogen) atoms. The smallest absolute Gasteiger partial charge is 0.243 e. The minimum absolute atomic E-state index is 0.132. The Bertz CT molecular complexity index is 434. The van der Waals surface area contributed by atoms with E-state index < -0.39 is 5.54 Å². The van der Waals surface area contributed by atoms with Gasteiger partial charge in [-0.3, -0.25) is 4.79 Å². The monoisotopic (exact) mass is 250 g/mol. The van der Waals surface area contributed by atoms with Crippen LogP contribution < -0.4 is 15.8 Å². The highest BCUT2D eigenvalue weighted by atomic mass is 16.5. The normalized spacial score (nSPS) is 11.5. The number of ether oxygens (including phenoxy) is 1. The maximum Gasteiger partial charge on any atom is 0.243 e. The molecule has 0 aliphatic carbocycles. The summed E-state index contributed by atoms with van der Waals surface area (Å²) in [5.41, 5.74) is 6.55. The molecule has 0 aliphatic heterocycles. The number of amides is 1. The Labute approximate surface area is 109 Å². The van der Waals surface area contributed by atoms with Crippen LogP contribution in [0.5, 0.6) is 5.75 Å². The quantitative estimate of drug-likeness (QED) is 0.862. The van der Waals surface area contributed by atoms with Gasteiger partial charge in [0.15, 0.2) is 0 Å². The van der Waals surface area contributed by atoms with Crippen molar-refractivity contribution in [1.82, 2.24) is 0 Å². The summed E-state index contributed by atoms with van der Waals surface area (Å²) >= 11 is 0. The highest BCUT2D eigenvalue weighted by Crippen LogP contribution is 2.23. The molecule has 1 amide bonds. The second-order valence-corrected chi connectivity index (χ2v) is 5.32. The topological polar surface area (TPSA) is 64.4 Å². The molecule has 3 N–H and O–H groups in total. The van der Waals surface area contributed by atoms with Crippen molar-refractivity contribution >= 4 is 11.6 Å². The number of hydrogen-bond acceptors (Lipinski definition) is 3. The number of rotatable bonds is 4. The third-order valence-corrected chi connectivity index (χ3v) is 2.38. The molecule has 0 radical (unpaired) electrons. The molecule has 1 aromatic carbocycles. The number of carbonyl (C=O) groups is 1. The second kappa shape index (κ2) is 5.40. The lowest BCUT2D eigenvalue weighted by atomic mass is 10.1. The van der Waals surface area contributed by atoms with Crippen LogP contribution in [0.25, 0.3) is 0 Å². The van der Waals surface area contributed by atoms with Gasteiger partial charge in [-0.25, -0.2) is 0 Å². The van der Waals surface area contributed by atoms with Crippen molar-refractivity contribution in [2.45, 2.75) is 46.3 Å². The molecule has 0 aromatic heterocycles. The Balaban J connectivity index is 2.82.